The number of aromatic nitrogens is 3. The fraction of sp³-hybridized carbons (Fsp3) is 0.522. The van der Waals surface area contributed by atoms with Crippen molar-refractivity contribution in [1.82, 2.24) is 29.9 Å². The zero-order valence-electron chi connectivity index (χ0n) is 19.4. The first-order valence-electron chi connectivity index (χ1n) is 11.6. The van der Waals surface area contributed by atoms with Gasteiger partial charge in [-0.3, -0.25) is 9.59 Å². The average molecular weight is 507 g/mol. The zero-order valence-corrected chi connectivity index (χ0v) is 20.1. The lowest BCUT2D eigenvalue weighted by Crippen LogP contribution is -2.65. The topological polar surface area (TPSA) is 121 Å². The van der Waals surface area contributed by atoms with Crippen LogP contribution in [0.2, 0.25) is 0 Å². The van der Waals surface area contributed by atoms with Gasteiger partial charge < -0.3 is 20.2 Å². The minimum absolute atomic E-state index is 0.143. The number of carbonyl (C=O) groups is 3. The number of piperidine rings is 1. The van der Waals surface area contributed by atoms with E-state index in [9.17, 15) is 23.9 Å². The number of rotatable bonds is 8. The van der Waals surface area contributed by atoms with Crippen LogP contribution in [0.4, 0.5) is 9.18 Å². The van der Waals surface area contributed by atoms with Crippen LogP contribution < -0.4 is 5.32 Å². The summed E-state index contributed by atoms with van der Waals surface area (Å²) in [6.07, 6.45) is 5.18. The molecule has 2 aromatic rings. The van der Waals surface area contributed by atoms with Crippen LogP contribution in [0.5, 0.6) is 0 Å². The number of likely N-dealkylation sites (tertiary alicyclic amines) is 1. The standard InChI is InChI=1S/C23H28ClFN6O4/c1-15(17-4-5-19(26-11-17)31-14-18(25)12-27-31)28-21(33)23(6-8-29(9-7-23)22(34)35)30(20(32)10-24)13-16-2-3-16/h4-5,11-12,14-16H,2-3,6-10,13H2,1H3,(H,28,33)(H,34,35). The molecule has 0 bridgehead atoms. The van der Waals surface area contributed by atoms with E-state index in [1.54, 1.807) is 30.2 Å². The van der Waals surface area contributed by atoms with E-state index in [2.05, 4.69) is 15.4 Å². The van der Waals surface area contributed by atoms with Crippen LogP contribution >= 0.6 is 11.6 Å². The number of amides is 3. The second kappa shape index (κ2) is 10.2. The van der Waals surface area contributed by atoms with E-state index in [4.69, 9.17) is 11.6 Å². The molecule has 188 valence electrons. The average Bonchev–Trinajstić information content (AvgIpc) is 3.59. The van der Waals surface area contributed by atoms with Crippen molar-refractivity contribution in [3.63, 3.8) is 0 Å². The molecule has 1 aliphatic carbocycles. The Labute approximate surface area is 207 Å². The molecule has 2 fully saturated rings. The second-order valence-corrected chi connectivity index (χ2v) is 9.40. The predicted octanol–water partition coefficient (Wildman–Crippen LogP) is 2.57. The highest BCUT2D eigenvalue weighted by molar-refractivity contribution is 6.27. The lowest BCUT2D eigenvalue weighted by atomic mass is 9.83. The van der Waals surface area contributed by atoms with Gasteiger partial charge in [-0.05, 0) is 50.2 Å². The smallest absolute Gasteiger partial charge is 0.407 e. The van der Waals surface area contributed by atoms with Crippen LogP contribution in [0, 0.1) is 11.7 Å². The van der Waals surface area contributed by atoms with Gasteiger partial charge in [-0.25, -0.2) is 18.9 Å². The summed E-state index contributed by atoms with van der Waals surface area (Å²) in [5, 5.41) is 16.3. The molecule has 4 rings (SSSR count). The highest BCUT2D eigenvalue weighted by atomic mass is 35.5. The number of carboxylic acid groups (broad SMARTS) is 1. The maximum atomic E-state index is 13.7. The Kier molecular flexibility index (Phi) is 7.25. The van der Waals surface area contributed by atoms with Crippen molar-refractivity contribution in [2.24, 2.45) is 5.92 Å². The largest absolute Gasteiger partial charge is 0.465 e. The number of carbonyl (C=O) groups excluding carboxylic acids is 2. The number of halogens is 2. The van der Waals surface area contributed by atoms with Gasteiger partial charge >= 0.3 is 6.09 Å². The molecule has 0 aromatic carbocycles. The monoisotopic (exact) mass is 506 g/mol. The first-order valence-corrected chi connectivity index (χ1v) is 12.1. The van der Waals surface area contributed by atoms with Crippen molar-refractivity contribution in [3.8, 4) is 5.82 Å². The summed E-state index contributed by atoms with van der Waals surface area (Å²) in [6, 6.07) is 2.99. The number of hydrogen-bond donors (Lipinski definition) is 2. The molecule has 1 unspecified atom stereocenters. The van der Waals surface area contributed by atoms with E-state index in [0.29, 0.717) is 23.8 Å². The number of pyridine rings is 1. The minimum atomic E-state index is -1.19. The number of hydrogen-bond acceptors (Lipinski definition) is 5. The van der Waals surface area contributed by atoms with Gasteiger partial charge in [-0.2, -0.15) is 5.10 Å². The molecule has 12 heteroatoms. The summed E-state index contributed by atoms with van der Waals surface area (Å²) in [7, 11) is 0. The van der Waals surface area contributed by atoms with Crippen molar-refractivity contribution in [2.45, 2.75) is 44.2 Å². The number of alkyl halides is 1. The predicted molar refractivity (Wildman–Crippen MR) is 125 cm³/mol. The SMILES string of the molecule is CC(NC(=O)C1(N(CC2CC2)C(=O)CCl)CCN(C(=O)O)CC1)c1ccc(-n2cc(F)cn2)nc1. The maximum Gasteiger partial charge on any atom is 0.407 e. The molecule has 3 heterocycles. The highest BCUT2D eigenvalue weighted by Crippen LogP contribution is 2.37. The molecule has 1 saturated carbocycles. The Bertz CT molecular complexity index is 1080. The van der Waals surface area contributed by atoms with Crippen LogP contribution in [0.1, 0.15) is 44.2 Å². The van der Waals surface area contributed by atoms with E-state index in [1.807, 2.05) is 0 Å². The van der Waals surface area contributed by atoms with Gasteiger partial charge in [0.1, 0.15) is 11.4 Å². The van der Waals surface area contributed by atoms with Gasteiger partial charge in [0.25, 0.3) is 0 Å². The highest BCUT2D eigenvalue weighted by Gasteiger charge is 2.50. The van der Waals surface area contributed by atoms with Crippen LogP contribution in [-0.2, 0) is 9.59 Å². The Morgan fingerprint density at radius 3 is 2.51 bits per heavy atom. The van der Waals surface area contributed by atoms with Crippen molar-refractivity contribution < 1.29 is 23.9 Å². The van der Waals surface area contributed by atoms with Crippen molar-refractivity contribution in [2.75, 3.05) is 25.5 Å². The van der Waals surface area contributed by atoms with Gasteiger partial charge in [0, 0.05) is 25.8 Å². The van der Waals surface area contributed by atoms with Crippen molar-refractivity contribution in [1.29, 1.82) is 0 Å². The second-order valence-electron chi connectivity index (χ2n) is 9.13. The molecule has 0 radical (unpaired) electrons. The van der Waals surface area contributed by atoms with Crippen LogP contribution in [0.3, 0.4) is 0 Å². The molecule has 2 aliphatic rings. The molecule has 2 aromatic heterocycles. The Morgan fingerprint density at radius 2 is 2.00 bits per heavy atom. The fourth-order valence-corrected chi connectivity index (χ4v) is 4.61. The first kappa shape index (κ1) is 24.9. The summed E-state index contributed by atoms with van der Waals surface area (Å²) in [4.78, 5) is 45.2. The summed E-state index contributed by atoms with van der Waals surface area (Å²) < 4.78 is 14.6. The van der Waals surface area contributed by atoms with Gasteiger partial charge in [0.2, 0.25) is 11.8 Å². The quantitative estimate of drug-likeness (QED) is 0.531. The molecular weight excluding hydrogens is 479 g/mol. The fourth-order valence-electron chi connectivity index (χ4n) is 4.46. The third-order valence-corrected chi connectivity index (χ3v) is 6.99. The normalized spacial score (nSPS) is 18.1. The van der Waals surface area contributed by atoms with Gasteiger partial charge in [-0.1, -0.05) is 6.07 Å². The van der Waals surface area contributed by atoms with Crippen molar-refractivity contribution in [3.05, 3.63) is 42.1 Å². The van der Waals surface area contributed by atoms with E-state index < -0.39 is 23.5 Å². The van der Waals surface area contributed by atoms with Crippen LogP contribution in [-0.4, -0.2) is 78.6 Å². The first-order chi connectivity index (χ1) is 16.7. The van der Waals surface area contributed by atoms with Crippen molar-refractivity contribution >= 4 is 29.5 Å². The van der Waals surface area contributed by atoms with Crippen LogP contribution in [0.25, 0.3) is 5.82 Å². The lowest BCUT2D eigenvalue weighted by Gasteiger charge is -2.47. The number of nitrogens with zero attached hydrogens (tertiary/aromatic N) is 5. The minimum Gasteiger partial charge on any atom is -0.465 e. The maximum absolute atomic E-state index is 13.7. The van der Waals surface area contributed by atoms with E-state index in [1.165, 1.54) is 15.8 Å². The molecular formula is C23H28ClFN6O4. The summed E-state index contributed by atoms with van der Waals surface area (Å²) >= 11 is 5.92. The van der Waals surface area contributed by atoms with Gasteiger partial charge in [-0.15, -0.1) is 11.6 Å². The van der Waals surface area contributed by atoms with E-state index in [0.717, 1.165) is 19.0 Å². The Balaban J connectivity index is 1.54. The van der Waals surface area contributed by atoms with Gasteiger partial charge in [0.05, 0.1) is 18.4 Å². The number of nitrogens with one attached hydrogen (secondary N) is 1. The molecule has 1 saturated heterocycles. The Hall–Kier alpha value is -3.21. The van der Waals surface area contributed by atoms with Gasteiger partial charge in [0.15, 0.2) is 11.6 Å². The molecule has 35 heavy (non-hydrogen) atoms. The molecule has 0 spiro atoms. The lowest BCUT2D eigenvalue weighted by molar-refractivity contribution is -0.150. The van der Waals surface area contributed by atoms with Crippen LogP contribution in [0.15, 0.2) is 30.7 Å². The summed E-state index contributed by atoms with van der Waals surface area (Å²) in [5.41, 5.74) is -0.473. The molecule has 2 N–H and O–H groups in total. The third-order valence-electron chi connectivity index (χ3n) is 6.76. The molecule has 1 aliphatic heterocycles. The zero-order chi connectivity index (χ0) is 25.2. The van der Waals surface area contributed by atoms with E-state index in [-0.39, 0.29) is 43.6 Å². The molecule has 3 amide bonds. The van der Waals surface area contributed by atoms with E-state index >= 15 is 0 Å². The molecule has 1 atom stereocenters. The Morgan fingerprint density at radius 1 is 1.29 bits per heavy atom. The summed E-state index contributed by atoms with van der Waals surface area (Å²) in [6.45, 7) is 2.52. The third kappa shape index (κ3) is 5.39. The molecule has 10 nitrogen and oxygen atoms in total. The summed E-state index contributed by atoms with van der Waals surface area (Å²) in [5.74, 6) is -0.644.